The molecule has 2 aromatic rings. The summed E-state index contributed by atoms with van der Waals surface area (Å²) in [5, 5.41) is 6.00. The van der Waals surface area contributed by atoms with E-state index in [1.807, 2.05) is 5.32 Å². The Morgan fingerprint density at radius 2 is 2.04 bits per heavy atom. The van der Waals surface area contributed by atoms with Crippen molar-refractivity contribution >= 4 is 11.8 Å². The molecule has 0 aromatic carbocycles. The van der Waals surface area contributed by atoms with Crippen LogP contribution in [0, 0.1) is 6.92 Å². The summed E-state index contributed by atoms with van der Waals surface area (Å²) in [7, 11) is 0. The average molecular weight is 385 g/mol. The van der Waals surface area contributed by atoms with E-state index in [1.165, 1.54) is 28.4 Å². The molecule has 2 amide bonds. The smallest absolute Gasteiger partial charge is 0.405 e. The molecular weight excluding hydrogens is 367 g/mol. The quantitative estimate of drug-likeness (QED) is 0.861. The van der Waals surface area contributed by atoms with Crippen LogP contribution in [-0.4, -0.2) is 57.3 Å². The molecule has 0 radical (unpaired) electrons. The lowest BCUT2D eigenvalue weighted by atomic mass is 9.86. The first-order valence-electron chi connectivity index (χ1n) is 8.27. The fraction of sp³-hybridized carbons (Fsp3) is 0.500. The van der Waals surface area contributed by atoms with Crippen LogP contribution in [-0.2, 0) is 10.3 Å². The van der Waals surface area contributed by atoms with Gasteiger partial charge in [0.25, 0.3) is 5.91 Å². The van der Waals surface area contributed by atoms with Crippen LogP contribution in [0.1, 0.15) is 29.1 Å². The van der Waals surface area contributed by atoms with E-state index < -0.39 is 24.2 Å². The van der Waals surface area contributed by atoms with E-state index in [9.17, 15) is 22.8 Å². The van der Waals surface area contributed by atoms with Gasteiger partial charge in [0.1, 0.15) is 12.1 Å². The molecule has 8 nitrogen and oxygen atoms in total. The Kier molecular flexibility index (Phi) is 4.94. The van der Waals surface area contributed by atoms with Crippen molar-refractivity contribution in [3.63, 3.8) is 0 Å². The number of carbonyl (C=O) groups is 2. The maximum atomic E-state index is 12.6. The summed E-state index contributed by atoms with van der Waals surface area (Å²) in [4.78, 5) is 30.5. The van der Waals surface area contributed by atoms with E-state index in [2.05, 4.69) is 10.1 Å². The van der Waals surface area contributed by atoms with Crippen molar-refractivity contribution in [1.82, 2.24) is 25.0 Å². The molecule has 1 fully saturated rings. The number of nitrogens with zero attached hydrogens (tertiary/aromatic N) is 4. The number of likely N-dealkylation sites (tertiary alicyclic amines) is 1. The highest BCUT2D eigenvalue weighted by molar-refractivity contribution is 5.93. The van der Waals surface area contributed by atoms with E-state index in [0.717, 1.165) is 0 Å². The normalized spacial score (nSPS) is 17.0. The van der Waals surface area contributed by atoms with Crippen molar-refractivity contribution in [1.29, 1.82) is 0 Å². The molecule has 2 aromatic heterocycles. The molecule has 0 aliphatic carbocycles. The Bertz CT molecular complexity index is 808. The van der Waals surface area contributed by atoms with Gasteiger partial charge in [0, 0.05) is 25.5 Å². The number of aromatic nitrogens is 3. The maximum absolute atomic E-state index is 12.6. The molecule has 3 heterocycles. The number of amides is 2. The highest BCUT2D eigenvalue weighted by Crippen LogP contribution is 2.31. The number of nitrogens with one attached hydrogen (secondary N) is 1. The van der Waals surface area contributed by atoms with Gasteiger partial charge in [-0.15, -0.1) is 0 Å². The SMILES string of the molecule is Cc1ncoc1C(=O)N1CCC(C(=O)NCC(F)(F)F)(n2cccn2)CC1. The zero-order valence-electron chi connectivity index (χ0n) is 14.5. The third kappa shape index (κ3) is 3.81. The van der Waals surface area contributed by atoms with Crippen molar-refractivity contribution < 1.29 is 27.2 Å². The zero-order valence-corrected chi connectivity index (χ0v) is 14.5. The van der Waals surface area contributed by atoms with Gasteiger partial charge in [-0.2, -0.15) is 18.3 Å². The molecule has 0 spiro atoms. The van der Waals surface area contributed by atoms with Crippen LogP contribution in [0.5, 0.6) is 0 Å². The number of rotatable bonds is 4. The van der Waals surface area contributed by atoms with Crippen molar-refractivity contribution in [2.45, 2.75) is 31.5 Å². The Morgan fingerprint density at radius 1 is 1.33 bits per heavy atom. The highest BCUT2D eigenvalue weighted by atomic mass is 19.4. The molecule has 1 aliphatic heterocycles. The average Bonchev–Trinajstić information content (AvgIpc) is 3.30. The number of carbonyl (C=O) groups excluding carboxylic acids is 2. The van der Waals surface area contributed by atoms with Crippen molar-refractivity contribution in [2.75, 3.05) is 19.6 Å². The summed E-state index contributed by atoms with van der Waals surface area (Å²) in [5.74, 6) is -1.02. The first kappa shape index (κ1) is 18.9. The molecule has 0 unspecified atom stereocenters. The van der Waals surface area contributed by atoms with Gasteiger partial charge in [-0.05, 0) is 25.8 Å². The monoisotopic (exact) mass is 385 g/mol. The topological polar surface area (TPSA) is 93.3 Å². The number of halogens is 3. The summed E-state index contributed by atoms with van der Waals surface area (Å²) >= 11 is 0. The summed E-state index contributed by atoms with van der Waals surface area (Å²) < 4.78 is 44.0. The molecular formula is C16H18F3N5O3. The first-order valence-corrected chi connectivity index (χ1v) is 8.27. The van der Waals surface area contributed by atoms with E-state index in [0.29, 0.717) is 5.69 Å². The molecule has 1 saturated heterocycles. The summed E-state index contributed by atoms with van der Waals surface area (Å²) in [5.41, 5.74) is -0.839. The third-order valence-electron chi connectivity index (χ3n) is 4.63. The molecule has 1 aliphatic rings. The molecule has 146 valence electrons. The van der Waals surface area contributed by atoms with Gasteiger partial charge in [-0.25, -0.2) is 4.98 Å². The zero-order chi connectivity index (χ0) is 19.7. The van der Waals surface area contributed by atoms with Gasteiger partial charge in [0.2, 0.25) is 11.7 Å². The lowest BCUT2D eigenvalue weighted by molar-refractivity contribution is -0.146. The van der Waals surface area contributed by atoms with Crippen LogP contribution >= 0.6 is 0 Å². The van der Waals surface area contributed by atoms with Crippen LogP contribution in [0.3, 0.4) is 0 Å². The van der Waals surface area contributed by atoms with Gasteiger partial charge in [-0.1, -0.05) is 0 Å². The van der Waals surface area contributed by atoms with Gasteiger partial charge < -0.3 is 14.6 Å². The molecule has 0 atom stereocenters. The van der Waals surface area contributed by atoms with Gasteiger partial charge in [0.15, 0.2) is 6.39 Å². The van der Waals surface area contributed by atoms with E-state index in [-0.39, 0.29) is 37.6 Å². The predicted molar refractivity (Wildman–Crippen MR) is 85.6 cm³/mol. The largest absolute Gasteiger partial charge is 0.438 e. The fourth-order valence-corrected chi connectivity index (χ4v) is 3.16. The van der Waals surface area contributed by atoms with Gasteiger partial charge in [-0.3, -0.25) is 14.3 Å². The summed E-state index contributed by atoms with van der Waals surface area (Å²) in [6.45, 7) is 0.546. The molecule has 3 rings (SSSR count). The van der Waals surface area contributed by atoms with Crippen LogP contribution in [0.25, 0.3) is 0 Å². The van der Waals surface area contributed by atoms with E-state index in [4.69, 9.17) is 4.42 Å². The third-order valence-corrected chi connectivity index (χ3v) is 4.63. The maximum Gasteiger partial charge on any atom is 0.405 e. The second kappa shape index (κ2) is 7.05. The molecule has 1 N–H and O–H groups in total. The second-order valence-electron chi connectivity index (χ2n) is 6.34. The number of hydrogen-bond acceptors (Lipinski definition) is 5. The van der Waals surface area contributed by atoms with Gasteiger partial charge in [0.05, 0.1) is 5.69 Å². The minimum absolute atomic E-state index is 0.114. The van der Waals surface area contributed by atoms with Gasteiger partial charge >= 0.3 is 6.18 Å². The lowest BCUT2D eigenvalue weighted by Crippen LogP contribution is -2.57. The first-order chi connectivity index (χ1) is 12.7. The fourth-order valence-electron chi connectivity index (χ4n) is 3.16. The summed E-state index contributed by atoms with van der Waals surface area (Å²) in [6, 6.07) is 1.59. The Hall–Kier alpha value is -2.85. The van der Waals surface area contributed by atoms with Crippen molar-refractivity contribution in [2.24, 2.45) is 0 Å². The minimum atomic E-state index is -4.51. The molecule has 27 heavy (non-hydrogen) atoms. The number of hydrogen-bond donors (Lipinski definition) is 1. The van der Waals surface area contributed by atoms with Crippen molar-refractivity contribution in [3.8, 4) is 0 Å². The Morgan fingerprint density at radius 3 is 2.56 bits per heavy atom. The predicted octanol–water partition coefficient (Wildman–Crippen LogP) is 1.49. The van der Waals surface area contributed by atoms with Crippen molar-refractivity contribution in [3.05, 3.63) is 36.3 Å². The number of piperidine rings is 1. The molecule has 11 heteroatoms. The van der Waals surface area contributed by atoms with E-state index >= 15 is 0 Å². The molecule has 0 bridgehead atoms. The van der Waals surface area contributed by atoms with Crippen LogP contribution < -0.4 is 5.32 Å². The standard InChI is InChI=1S/C16H18F3N5O3/c1-11-12(27-10-21-11)13(25)23-7-3-15(4-8-23,24-6-2-5-22-24)14(26)20-9-16(17,18)19/h2,5-6,10H,3-4,7-9H2,1H3,(H,20,26). The Labute approximate surface area is 152 Å². The summed E-state index contributed by atoms with van der Waals surface area (Å²) in [6.07, 6.45) is -0.111. The number of alkyl halides is 3. The Balaban J connectivity index is 1.76. The van der Waals surface area contributed by atoms with E-state index in [1.54, 1.807) is 13.0 Å². The molecule has 0 saturated carbocycles. The highest BCUT2D eigenvalue weighted by Gasteiger charge is 2.46. The number of aryl methyl sites for hydroxylation is 1. The van der Waals surface area contributed by atoms with Crippen LogP contribution in [0.15, 0.2) is 29.3 Å². The lowest BCUT2D eigenvalue weighted by Gasteiger charge is -2.40. The minimum Gasteiger partial charge on any atom is -0.438 e. The number of oxazole rings is 1. The second-order valence-corrected chi connectivity index (χ2v) is 6.34. The van der Waals surface area contributed by atoms with Crippen LogP contribution in [0.2, 0.25) is 0 Å². The van der Waals surface area contributed by atoms with Crippen LogP contribution in [0.4, 0.5) is 13.2 Å².